The monoisotopic (exact) mass is 377 g/mol. The minimum Gasteiger partial charge on any atom is -0.496 e. The van der Waals surface area contributed by atoms with Crippen molar-refractivity contribution < 1.29 is 19.0 Å². The molecule has 0 bridgehead atoms. The molecule has 5 heteroatoms. The van der Waals surface area contributed by atoms with Crippen LogP contribution in [0.3, 0.4) is 0 Å². The van der Waals surface area contributed by atoms with Crippen LogP contribution in [-0.4, -0.2) is 31.1 Å². The molecule has 0 saturated carbocycles. The quantitative estimate of drug-likeness (QED) is 0.665. The van der Waals surface area contributed by atoms with Gasteiger partial charge in [0.15, 0.2) is 6.23 Å². The fourth-order valence-corrected chi connectivity index (χ4v) is 3.72. The lowest BCUT2D eigenvalue weighted by Crippen LogP contribution is -2.30. The average molecular weight is 377 g/mol. The summed E-state index contributed by atoms with van der Waals surface area (Å²) < 4.78 is 17.1. The molecule has 0 aliphatic carbocycles. The molecule has 2 atom stereocenters. The summed E-state index contributed by atoms with van der Waals surface area (Å²) in [7, 11) is 3.21. The highest BCUT2D eigenvalue weighted by molar-refractivity contribution is 5.84. The highest BCUT2D eigenvalue weighted by atomic mass is 16.5. The summed E-state index contributed by atoms with van der Waals surface area (Å²) in [6.07, 6.45) is -1.10. The Morgan fingerprint density at radius 3 is 2.29 bits per heavy atom. The van der Waals surface area contributed by atoms with Gasteiger partial charge in [-0.15, -0.1) is 0 Å². The molecule has 5 nitrogen and oxygen atoms in total. The van der Waals surface area contributed by atoms with E-state index in [1.807, 2.05) is 30.3 Å². The smallest absolute Gasteiger partial charge is 0.254 e. The van der Waals surface area contributed by atoms with Crippen LogP contribution in [0, 0.1) is 0 Å². The zero-order chi connectivity index (χ0) is 19.7. The van der Waals surface area contributed by atoms with Gasteiger partial charge in [0.2, 0.25) is 0 Å². The van der Waals surface area contributed by atoms with Crippen molar-refractivity contribution in [1.82, 2.24) is 4.90 Å². The predicted molar refractivity (Wildman–Crippen MR) is 107 cm³/mol. The number of rotatable bonds is 5. The van der Waals surface area contributed by atoms with E-state index < -0.39 is 12.3 Å². The van der Waals surface area contributed by atoms with E-state index in [1.165, 1.54) is 5.39 Å². The molecule has 1 aliphatic heterocycles. The first kappa shape index (κ1) is 18.3. The van der Waals surface area contributed by atoms with Gasteiger partial charge in [-0.2, -0.15) is 0 Å². The van der Waals surface area contributed by atoms with Gasteiger partial charge in [-0.05, 0) is 41.5 Å². The van der Waals surface area contributed by atoms with Crippen molar-refractivity contribution in [1.29, 1.82) is 0 Å². The largest absolute Gasteiger partial charge is 0.496 e. The van der Waals surface area contributed by atoms with Crippen molar-refractivity contribution in [3.05, 3.63) is 71.8 Å². The number of nitrogens with zero attached hydrogens (tertiary/aromatic N) is 1. The standard InChI is InChI=1S/C23H23NO4/c1-15-22(25)24(14-16-11-12-17-7-4-5-8-18(17)13-16)23(28-15)21-19(26-2)9-6-10-20(21)27-3/h4-13,15,23H,14H2,1-3H3/t15?,23-/m1/s1. The van der Waals surface area contributed by atoms with Crippen LogP contribution in [0.5, 0.6) is 11.5 Å². The molecule has 1 heterocycles. The minimum absolute atomic E-state index is 0.0499. The van der Waals surface area contributed by atoms with Gasteiger partial charge in [-0.1, -0.05) is 42.5 Å². The fraction of sp³-hybridized carbons (Fsp3) is 0.261. The number of ether oxygens (including phenoxy) is 3. The van der Waals surface area contributed by atoms with Crippen molar-refractivity contribution in [2.45, 2.75) is 25.8 Å². The summed E-state index contributed by atoms with van der Waals surface area (Å²) in [6, 6.07) is 20.0. The lowest BCUT2D eigenvalue weighted by Gasteiger charge is -2.26. The van der Waals surface area contributed by atoms with Crippen LogP contribution in [0.2, 0.25) is 0 Å². The molecule has 0 aromatic heterocycles. The van der Waals surface area contributed by atoms with E-state index in [0.717, 1.165) is 16.5 Å². The molecule has 1 unspecified atom stereocenters. The molecule has 1 aliphatic rings. The van der Waals surface area contributed by atoms with E-state index in [9.17, 15) is 4.79 Å². The second-order valence-electron chi connectivity index (χ2n) is 6.85. The maximum atomic E-state index is 12.9. The number of benzene rings is 3. The van der Waals surface area contributed by atoms with Gasteiger partial charge in [0, 0.05) is 6.54 Å². The Hall–Kier alpha value is -3.05. The van der Waals surface area contributed by atoms with Gasteiger partial charge in [-0.25, -0.2) is 0 Å². The number of amides is 1. The van der Waals surface area contributed by atoms with E-state index >= 15 is 0 Å². The number of methoxy groups -OCH3 is 2. The van der Waals surface area contributed by atoms with Crippen LogP contribution in [0.4, 0.5) is 0 Å². The van der Waals surface area contributed by atoms with Gasteiger partial charge >= 0.3 is 0 Å². The molecule has 3 aromatic carbocycles. The van der Waals surface area contributed by atoms with E-state index in [-0.39, 0.29) is 5.91 Å². The van der Waals surface area contributed by atoms with Gasteiger partial charge in [0.25, 0.3) is 5.91 Å². The van der Waals surface area contributed by atoms with Crippen molar-refractivity contribution in [3.8, 4) is 11.5 Å². The van der Waals surface area contributed by atoms with Gasteiger partial charge in [-0.3, -0.25) is 4.79 Å². The molecule has 0 N–H and O–H groups in total. The van der Waals surface area contributed by atoms with E-state index in [1.54, 1.807) is 26.0 Å². The first-order valence-electron chi connectivity index (χ1n) is 9.27. The molecule has 0 spiro atoms. The molecule has 1 saturated heterocycles. The van der Waals surface area contributed by atoms with E-state index in [0.29, 0.717) is 18.0 Å². The molecule has 4 rings (SSSR count). The Bertz CT molecular complexity index is 994. The minimum atomic E-state index is -0.569. The average Bonchev–Trinajstić information content (AvgIpc) is 3.01. The van der Waals surface area contributed by atoms with Gasteiger partial charge in [0.1, 0.15) is 17.6 Å². The van der Waals surface area contributed by atoms with Crippen LogP contribution in [0.15, 0.2) is 60.7 Å². The van der Waals surface area contributed by atoms with E-state index in [2.05, 4.69) is 30.3 Å². The third-order valence-electron chi connectivity index (χ3n) is 5.13. The zero-order valence-electron chi connectivity index (χ0n) is 16.2. The van der Waals surface area contributed by atoms with Crippen LogP contribution < -0.4 is 9.47 Å². The lowest BCUT2D eigenvalue weighted by atomic mass is 10.1. The molecular weight excluding hydrogens is 354 g/mol. The van der Waals surface area contributed by atoms with E-state index in [4.69, 9.17) is 14.2 Å². The van der Waals surface area contributed by atoms with Gasteiger partial charge < -0.3 is 19.1 Å². The number of hydrogen-bond acceptors (Lipinski definition) is 4. The SMILES string of the molecule is COc1cccc(OC)c1[C@H]1OC(C)C(=O)N1Cc1ccc2ccccc2c1. The normalized spacial score (nSPS) is 19.2. The first-order valence-corrected chi connectivity index (χ1v) is 9.27. The molecule has 3 aromatic rings. The highest BCUT2D eigenvalue weighted by Gasteiger charge is 2.41. The zero-order valence-corrected chi connectivity index (χ0v) is 16.2. The third-order valence-corrected chi connectivity index (χ3v) is 5.13. The summed E-state index contributed by atoms with van der Waals surface area (Å²) in [5.41, 5.74) is 1.77. The third kappa shape index (κ3) is 3.18. The Kier molecular flexibility index (Phi) is 4.92. The highest BCUT2D eigenvalue weighted by Crippen LogP contribution is 2.42. The molecule has 0 radical (unpaired) electrons. The molecular formula is C23H23NO4. The summed E-state index contributed by atoms with van der Waals surface area (Å²) in [4.78, 5) is 14.6. The van der Waals surface area contributed by atoms with Crippen LogP contribution in [0.25, 0.3) is 10.8 Å². The first-order chi connectivity index (χ1) is 13.6. The predicted octanol–water partition coefficient (Wildman–Crippen LogP) is 4.30. The number of carbonyl (C=O) groups excluding carboxylic acids is 1. The summed E-state index contributed by atoms with van der Waals surface area (Å²) in [5.74, 6) is 1.22. The van der Waals surface area contributed by atoms with Crippen molar-refractivity contribution >= 4 is 16.7 Å². The van der Waals surface area contributed by atoms with Crippen molar-refractivity contribution in [3.63, 3.8) is 0 Å². The van der Waals surface area contributed by atoms with Crippen molar-refractivity contribution in [2.24, 2.45) is 0 Å². The fourth-order valence-electron chi connectivity index (χ4n) is 3.72. The van der Waals surface area contributed by atoms with Gasteiger partial charge in [0.05, 0.1) is 19.8 Å². The molecule has 28 heavy (non-hydrogen) atoms. The summed E-state index contributed by atoms with van der Waals surface area (Å²) >= 11 is 0. The van der Waals surface area contributed by atoms with Crippen LogP contribution in [-0.2, 0) is 16.1 Å². The Labute approximate surface area is 164 Å². The van der Waals surface area contributed by atoms with Crippen LogP contribution in [0.1, 0.15) is 24.3 Å². The second-order valence-corrected chi connectivity index (χ2v) is 6.85. The molecule has 1 amide bonds. The maximum Gasteiger partial charge on any atom is 0.254 e. The van der Waals surface area contributed by atoms with Crippen LogP contribution >= 0.6 is 0 Å². The Morgan fingerprint density at radius 2 is 1.61 bits per heavy atom. The molecule has 144 valence electrons. The number of hydrogen-bond donors (Lipinski definition) is 0. The maximum absolute atomic E-state index is 12.9. The number of carbonyl (C=O) groups is 1. The second kappa shape index (κ2) is 7.52. The lowest BCUT2D eigenvalue weighted by molar-refractivity contribution is -0.130. The Morgan fingerprint density at radius 1 is 0.929 bits per heavy atom. The summed E-state index contributed by atoms with van der Waals surface area (Å²) in [5, 5.41) is 2.32. The summed E-state index contributed by atoms with van der Waals surface area (Å²) in [6.45, 7) is 2.22. The number of fused-ring (bicyclic) bond motifs is 1. The molecule has 1 fully saturated rings. The van der Waals surface area contributed by atoms with Crippen molar-refractivity contribution in [2.75, 3.05) is 14.2 Å². The Balaban J connectivity index is 1.73. The topological polar surface area (TPSA) is 48.0 Å².